The molecule has 0 aliphatic heterocycles. The van der Waals surface area contributed by atoms with Crippen LogP contribution in [0.25, 0.3) is 10.9 Å². The van der Waals surface area contributed by atoms with Crippen LogP contribution in [0.1, 0.15) is 58.4 Å². The molecule has 0 fully saturated rings. The van der Waals surface area contributed by atoms with E-state index in [0.29, 0.717) is 56.0 Å². The van der Waals surface area contributed by atoms with Gasteiger partial charge in [-0.15, -0.1) is 0 Å². The second kappa shape index (κ2) is 19.6. The minimum absolute atomic E-state index is 0.0630. The van der Waals surface area contributed by atoms with Gasteiger partial charge in [-0.3, -0.25) is 29.0 Å². The third kappa shape index (κ3) is 11.9. The average Bonchev–Trinajstić information content (AvgIpc) is 3.86. The summed E-state index contributed by atoms with van der Waals surface area (Å²) in [6, 6.07) is 12.6. The summed E-state index contributed by atoms with van der Waals surface area (Å²) in [5.74, 6) is -1.63. The number of amides is 3. The van der Waals surface area contributed by atoms with Gasteiger partial charge in [-0.05, 0) is 55.7 Å². The van der Waals surface area contributed by atoms with Crippen LogP contribution in [0.3, 0.4) is 0 Å². The van der Waals surface area contributed by atoms with Crippen LogP contribution in [-0.2, 0) is 26.3 Å². The number of rotatable bonds is 21. The molecule has 19 nitrogen and oxygen atoms in total. The zero-order chi connectivity index (χ0) is 39.9. The lowest BCUT2D eigenvalue weighted by atomic mass is 10.1. The number of nitrogens with zero attached hydrogens (tertiary/aromatic N) is 5. The molecule has 2 aromatic carbocycles. The Kier molecular flexibility index (Phi) is 14.2. The molecular weight excluding hydrogens is 747 g/mol. The molecule has 20 heteroatoms. The van der Waals surface area contributed by atoms with E-state index in [-0.39, 0.29) is 35.1 Å². The number of carboxylic acids is 1. The van der Waals surface area contributed by atoms with E-state index in [1.807, 2.05) is 4.68 Å². The van der Waals surface area contributed by atoms with Crippen molar-refractivity contribution >= 4 is 62.7 Å². The van der Waals surface area contributed by atoms with Gasteiger partial charge in [-0.2, -0.15) is 18.6 Å². The third-order valence-corrected chi connectivity index (χ3v) is 9.24. The first-order chi connectivity index (χ1) is 27.0. The summed E-state index contributed by atoms with van der Waals surface area (Å²) in [7, 11) is -4.42. The van der Waals surface area contributed by atoms with E-state index in [4.69, 9.17) is 0 Å². The fraction of sp³-hybridized carbons (Fsp3) is 0.278. The number of carbonyl (C=O) groups excluding carboxylic acids is 3. The van der Waals surface area contributed by atoms with Gasteiger partial charge < -0.3 is 31.4 Å². The third-order valence-electron chi connectivity index (χ3n) is 8.31. The van der Waals surface area contributed by atoms with Crippen LogP contribution in [-0.4, -0.2) is 98.4 Å². The van der Waals surface area contributed by atoms with Crippen molar-refractivity contribution in [3.63, 3.8) is 0 Å². The van der Waals surface area contributed by atoms with Crippen LogP contribution < -0.4 is 26.7 Å². The number of carbonyl (C=O) groups is 4. The molecule has 5 rings (SSSR count). The fourth-order valence-electron chi connectivity index (χ4n) is 5.44. The average molecular weight is 788 g/mol. The number of benzene rings is 2. The molecule has 0 aliphatic rings. The van der Waals surface area contributed by atoms with Crippen molar-refractivity contribution in [1.82, 2.24) is 40.7 Å². The quantitative estimate of drug-likeness (QED) is 0.0230. The predicted octanol–water partition coefficient (Wildman–Crippen LogP) is 2.64. The number of aromatic nitrogens is 5. The Labute approximate surface area is 321 Å². The minimum atomic E-state index is -4.42. The number of fused-ring (bicyclic) bond motifs is 1. The van der Waals surface area contributed by atoms with Crippen LogP contribution in [0.5, 0.6) is 0 Å². The van der Waals surface area contributed by atoms with Crippen LogP contribution in [0, 0.1) is 0 Å². The number of imidazole rings is 1. The molecule has 56 heavy (non-hydrogen) atoms. The number of hydrogen-bond acceptors (Lipinski definition) is 12. The number of aromatic amines is 1. The van der Waals surface area contributed by atoms with Crippen molar-refractivity contribution in [2.45, 2.75) is 49.6 Å². The van der Waals surface area contributed by atoms with E-state index in [0.717, 1.165) is 17.3 Å². The van der Waals surface area contributed by atoms with Gasteiger partial charge in [0.15, 0.2) is 5.95 Å². The Morgan fingerprint density at radius 2 is 1.71 bits per heavy atom. The van der Waals surface area contributed by atoms with Gasteiger partial charge in [0.1, 0.15) is 16.8 Å². The number of carboxylic acid groups (broad SMARTS) is 1. The number of pyridine rings is 1. The topological polar surface area (TPSA) is 275 Å². The SMILES string of the molecule is O=C(CCCCCNC(=O)c1ccc(N/N=C/c2ccccc2S(=O)(=O)O)nc1)NC(CNC(=O)c1ccc2c(cnn2CCCNc2ncc[nH]2)c1)C(=O)O. The zero-order valence-corrected chi connectivity index (χ0v) is 30.8. The number of nitrogens with one attached hydrogen (secondary N) is 6. The van der Waals surface area contributed by atoms with Crippen LogP contribution in [0.15, 0.2) is 89.4 Å². The van der Waals surface area contributed by atoms with E-state index in [9.17, 15) is 37.3 Å². The number of H-pyrrole nitrogens is 1. The largest absolute Gasteiger partial charge is 0.480 e. The number of hydrazone groups is 1. The van der Waals surface area contributed by atoms with Gasteiger partial charge in [-0.25, -0.2) is 14.8 Å². The maximum atomic E-state index is 12.9. The second-order valence-corrected chi connectivity index (χ2v) is 13.8. The highest BCUT2D eigenvalue weighted by atomic mass is 32.2. The predicted molar refractivity (Wildman–Crippen MR) is 206 cm³/mol. The van der Waals surface area contributed by atoms with Crippen LogP contribution >= 0.6 is 0 Å². The number of aryl methyl sites for hydroxylation is 1. The summed E-state index contributed by atoms with van der Waals surface area (Å²) >= 11 is 0. The summed E-state index contributed by atoms with van der Waals surface area (Å²) in [4.78, 5) is 60.6. The highest BCUT2D eigenvalue weighted by Crippen LogP contribution is 2.17. The number of anilines is 2. The first-order valence-electron chi connectivity index (χ1n) is 17.6. The van der Waals surface area contributed by atoms with Crippen molar-refractivity contribution in [1.29, 1.82) is 0 Å². The Hall–Kier alpha value is -6.67. The van der Waals surface area contributed by atoms with E-state index in [1.165, 1.54) is 42.7 Å². The van der Waals surface area contributed by atoms with Crippen molar-refractivity contribution in [2.75, 3.05) is 30.4 Å². The van der Waals surface area contributed by atoms with Gasteiger partial charge in [-0.1, -0.05) is 24.6 Å². The highest BCUT2D eigenvalue weighted by molar-refractivity contribution is 7.86. The molecule has 5 aromatic rings. The summed E-state index contributed by atoms with van der Waals surface area (Å²) in [5.41, 5.74) is 4.27. The number of unbranched alkanes of at least 4 members (excludes halogenated alkanes) is 2. The van der Waals surface area contributed by atoms with E-state index in [1.54, 1.807) is 42.9 Å². The zero-order valence-electron chi connectivity index (χ0n) is 30.0. The van der Waals surface area contributed by atoms with Crippen molar-refractivity contribution in [3.8, 4) is 0 Å². The maximum absolute atomic E-state index is 12.9. The van der Waals surface area contributed by atoms with Crippen molar-refractivity contribution in [2.24, 2.45) is 5.10 Å². The van der Waals surface area contributed by atoms with Gasteiger partial charge >= 0.3 is 5.97 Å². The summed E-state index contributed by atoms with van der Waals surface area (Å²) in [6.45, 7) is 1.36. The van der Waals surface area contributed by atoms with E-state index in [2.05, 4.69) is 51.8 Å². The molecule has 3 aromatic heterocycles. The Morgan fingerprint density at radius 3 is 2.46 bits per heavy atom. The molecule has 0 aliphatic carbocycles. The molecule has 0 saturated carbocycles. The van der Waals surface area contributed by atoms with Gasteiger partial charge in [0.25, 0.3) is 21.9 Å². The molecule has 0 saturated heterocycles. The lowest BCUT2D eigenvalue weighted by molar-refractivity contribution is -0.141. The Bertz CT molecular complexity index is 2260. The van der Waals surface area contributed by atoms with Gasteiger partial charge in [0, 0.05) is 67.7 Å². The minimum Gasteiger partial charge on any atom is -0.480 e. The molecule has 3 amide bonds. The van der Waals surface area contributed by atoms with Crippen LogP contribution in [0.2, 0.25) is 0 Å². The number of aliphatic carboxylic acids is 1. The molecule has 0 spiro atoms. The normalized spacial score (nSPS) is 11.9. The molecule has 8 N–H and O–H groups in total. The molecule has 0 bridgehead atoms. The Balaban J connectivity index is 0.963. The molecular formula is C36H41N11O8S. The molecule has 0 radical (unpaired) electrons. The molecule has 294 valence electrons. The highest BCUT2D eigenvalue weighted by Gasteiger charge is 2.21. The first-order valence-corrected chi connectivity index (χ1v) is 19.0. The lowest BCUT2D eigenvalue weighted by Gasteiger charge is -2.15. The van der Waals surface area contributed by atoms with Crippen molar-refractivity contribution < 1.29 is 37.3 Å². The smallest absolute Gasteiger partial charge is 0.328 e. The summed E-state index contributed by atoms with van der Waals surface area (Å²) in [6.07, 6.45) is 10.1. The standard InChI is InChI=1S/C36H41N11O8S/c48-32(9-2-1-5-14-37-34(50)26-11-13-31(41-20-26)46-43-21-25-7-3-4-8-30(25)56(53,54)55)45-28(35(51)52)23-42-33(49)24-10-12-29-27(19-24)22-44-47(29)18-6-15-38-36-39-16-17-40-36/h3-4,7-8,10-13,16-17,19-22,28H,1-2,5-6,9,14-15,18,23H2,(H,37,50)(H,41,46)(H,42,49)(H,45,48)(H,51,52)(H2,38,39,40)(H,53,54,55)/b43-21+. The monoisotopic (exact) mass is 787 g/mol. The number of hydrogen-bond donors (Lipinski definition) is 8. The maximum Gasteiger partial charge on any atom is 0.328 e. The lowest BCUT2D eigenvalue weighted by Crippen LogP contribution is -2.48. The van der Waals surface area contributed by atoms with Crippen LogP contribution in [0.4, 0.5) is 11.8 Å². The van der Waals surface area contributed by atoms with Gasteiger partial charge in [0.2, 0.25) is 5.91 Å². The summed E-state index contributed by atoms with van der Waals surface area (Å²) in [5, 5.41) is 29.7. The fourth-order valence-corrected chi connectivity index (χ4v) is 6.11. The first kappa shape index (κ1) is 40.5. The molecule has 1 unspecified atom stereocenters. The van der Waals surface area contributed by atoms with Gasteiger partial charge in [0.05, 0.1) is 23.5 Å². The van der Waals surface area contributed by atoms with E-state index < -0.39 is 33.9 Å². The van der Waals surface area contributed by atoms with E-state index >= 15 is 0 Å². The summed E-state index contributed by atoms with van der Waals surface area (Å²) < 4.78 is 34.2. The van der Waals surface area contributed by atoms with Crippen molar-refractivity contribution in [3.05, 3.63) is 96.1 Å². The molecule has 3 heterocycles. The second-order valence-electron chi connectivity index (χ2n) is 12.4. The Morgan fingerprint density at radius 1 is 0.911 bits per heavy atom. The molecule has 1 atom stereocenters.